The number of nitrogens with zero attached hydrogens (tertiary/aromatic N) is 3. The van der Waals surface area contributed by atoms with Crippen LogP contribution in [0.2, 0.25) is 0 Å². The Balaban J connectivity index is 1.80. The smallest absolute Gasteiger partial charge is 0.322 e. The first-order valence-electron chi connectivity index (χ1n) is 5.71. The number of amides is 1. The Labute approximate surface area is 99.4 Å². The van der Waals surface area contributed by atoms with Crippen molar-refractivity contribution < 1.29 is 9.21 Å². The molecule has 1 heterocycles. The van der Waals surface area contributed by atoms with Crippen molar-refractivity contribution in [1.29, 1.82) is 0 Å². The van der Waals surface area contributed by atoms with Crippen LogP contribution in [0.1, 0.15) is 24.7 Å². The zero-order valence-corrected chi connectivity index (χ0v) is 9.85. The van der Waals surface area contributed by atoms with E-state index in [9.17, 15) is 4.79 Å². The molecular weight excluding hydrogens is 222 g/mol. The molecule has 1 amide bonds. The number of likely N-dealkylation sites (N-methyl/N-ethyl adjacent to an activating group) is 1. The van der Waals surface area contributed by atoms with Crippen LogP contribution in [0.25, 0.3) is 0 Å². The van der Waals surface area contributed by atoms with Gasteiger partial charge in [-0.15, -0.1) is 5.10 Å². The first-order valence-corrected chi connectivity index (χ1v) is 5.71. The Morgan fingerprint density at radius 2 is 2.35 bits per heavy atom. The van der Waals surface area contributed by atoms with Gasteiger partial charge >= 0.3 is 6.01 Å². The fourth-order valence-electron chi connectivity index (χ4n) is 1.48. The van der Waals surface area contributed by atoms with Gasteiger partial charge in [0.2, 0.25) is 11.8 Å². The van der Waals surface area contributed by atoms with E-state index in [1.165, 1.54) is 0 Å². The molecule has 0 bridgehead atoms. The van der Waals surface area contributed by atoms with Gasteiger partial charge in [-0.05, 0) is 19.9 Å². The van der Waals surface area contributed by atoms with Crippen LogP contribution in [0.3, 0.4) is 0 Å². The van der Waals surface area contributed by atoms with Crippen LogP contribution in [0.4, 0.5) is 6.01 Å². The van der Waals surface area contributed by atoms with Gasteiger partial charge in [-0.1, -0.05) is 5.10 Å². The lowest BCUT2D eigenvalue weighted by Gasteiger charge is -2.13. The van der Waals surface area contributed by atoms with Gasteiger partial charge in [0.05, 0.1) is 6.54 Å². The van der Waals surface area contributed by atoms with E-state index in [1.54, 1.807) is 0 Å². The quantitative estimate of drug-likeness (QED) is 0.712. The molecule has 0 aromatic carbocycles. The maximum absolute atomic E-state index is 11.6. The molecule has 2 rings (SSSR count). The van der Waals surface area contributed by atoms with E-state index in [4.69, 9.17) is 10.2 Å². The predicted octanol–water partition coefficient (Wildman–Crippen LogP) is -0.224. The van der Waals surface area contributed by atoms with Crippen LogP contribution in [0.15, 0.2) is 4.42 Å². The third-order valence-electron chi connectivity index (χ3n) is 2.54. The molecule has 7 heteroatoms. The van der Waals surface area contributed by atoms with Crippen LogP contribution >= 0.6 is 0 Å². The topological polar surface area (TPSA) is 97.3 Å². The lowest BCUT2D eigenvalue weighted by Crippen LogP contribution is -2.33. The van der Waals surface area contributed by atoms with Gasteiger partial charge in [0.1, 0.15) is 0 Å². The molecule has 0 atom stereocenters. The number of hydrogen-bond acceptors (Lipinski definition) is 6. The molecule has 1 aliphatic rings. The van der Waals surface area contributed by atoms with Gasteiger partial charge < -0.3 is 10.2 Å². The van der Waals surface area contributed by atoms with E-state index >= 15 is 0 Å². The van der Waals surface area contributed by atoms with E-state index in [0.29, 0.717) is 24.9 Å². The number of nitrogens with two attached hydrogens (primary N) is 1. The van der Waals surface area contributed by atoms with Crippen LogP contribution in [-0.4, -0.2) is 47.7 Å². The van der Waals surface area contributed by atoms with Crippen LogP contribution < -0.4 is 11.1 Å². The first kappa shape index (κ1) is 12.0. The van der Waals surface area contributed by atoms with Gasteiger partial charge in [0.15, 0.2) is 0 Å². The largest absolute Gasteiger partial charge is 0.408 e. The van der Waals surface area contributed by atoms with Gasteiger partial charge in [-0.2, -0.15) is 0 Å². The van der Waals surface area contributed by atoms with Crippen LogP contribution in [0, 0.1) is 0 Å². The molecule has 1 aromatic rings. The summed E-state index contributed by atoms with van der Waals surface area (Å²) in [5.74, 6) is 0.843. The SMILES string of the molecule is CN(CCN)CC(=O)Nc1nnc(C2CC2)o1. The van der Waals surface area contributed by atoms with Crippen molar-refractivity contribution >= 4 is 11.9 Å². The normalized spacial score (nSPS) is 15.2. The van der Waals surface area contributed by atoms with Crippen LogP contribution in [-0.2, 0) is 4.79 Å². The number of hydrogen-bond donors (Lipinski definition) is 2. The average molecular weight is 239 g/mol. The lowest BCUT2D eigenvalue weighted by atomic mass is 10.4. The summed E-state index contributed by atoms with van der Waals surface area (Å²) in [5.41, 5.74) is 5.39. The van der Waals surface area contributed by atoms with Crippen molar-refractivity contribution in [3.05, 3.63) is 5.89 Å². The van der Waals surface area contributed by atoms with Crippen LogP contribution in [0.5, 0.6) is 0 Å². The van der Waals surface area contributed by atoms with Gasteiger partial charge in [-0.25, -0.2) is 0 Å². The number of carbonyl (C=O) groups is 1. The maximum atomic E-state index is 11.6. The predicted molar refractivity (Wildman–Crippen MR) is 61.5 cm³/mol. The minimum Gasteiger partial charge on any atom is -0.408 e. The van der Waals surface area contributed by atoms with Gasteiger partial charge in [0.25, 0.3) is 0 Å². The summed E-state index contributed by atoms with van der Waals surface area (Å²) in [4.78, 5) is 13.4. The highest BCUT2D eigenvalue weighted by molar-refractivity contribution is 5.90. The number of nitrogens with one attached hydrogen (secondary N) is 1. The lowest BCUT2D eigenvalue weighted by molar-refractivity contribution is -0.117. The highest BCUT2D eigenvalue weighted by Crippen LogP contribution is 2.39. The van der Waals surface area contributed by atoms with Crippen molar-refractivity contribution in [2.45, 2.75) is 18.8 Å². The Bertz CT molecular complexity index is 388. The summed E-state index contributed by atoms with van der Waals surface area (Å²) in [7, 11) is 1.83. The number of rotatable bonds is 6. The second-order valence-electron chi connectivity index (χ2n) is 4.29. The molecule has 94 valence electrons. The second kappa shape index (κ2) is 5.24. The van der Waals surface area contributed by atoms with E-state index in [0.717, 1.165) is 12.8 Å². The second-order valence-corrected chi connectivity index (χ2v) is 4.29. The monoisotopic (exact) mass is 239 g/mol. The molecule has 1 aliphatic carbocycles. The van der Waals surface area contributed by atoms with E-state index in [2.05, 4.69) is 15.5 Å². The number of carbonyl (C=O) groups excluding carboxylic acids is 1. The van der Waals surface area contributed by atoms with Crippen molar-refractivity contribution in [1.82, 2.24) is 15.1 Å². The Morgan fingerprint density at radius 1 is 1.59 bits per heavy atom. The Hall–Kier alpha value is -1.47. The fourth-order valence-corrected chi connectivity index (χ4v) is 1.48. The highest BCUT2D eigenvalue weighted by atomic mass is 16.4. The zero-order valence-electron chi connectivity index (χ0n) is 9.85. The summed E-state index contributed by atoms with van der Waals surface area (Å²) in [5, 5.41) is 10.2. The Kier molecular flexibility index (Phi) is 3.70. The van der Waals surface area contributed by atoms with Crippen molar-refractivity contribution in [3.63, 3.8) is 0 Å². The number of aromatic nitrogens is 2. The Morgan fingerprint density at radius 3 is 3.00 bits per heavy atom. The molecule has 1 aromatic heterocycles. The standard InChI is InChI=1S/C10H17N5O2/c1-15(5-4-11)6-8(16)12-10-14-13-9(17-10)7-2-3-7/h7H,2-6,11H2,1H3,(H,12,14,16). The molecule has 3 N–H and O–H groups in total. The molecular formula is C10H17N5O2. The van der Waals surface area contributed by atoms with Crippen molar-refractivity contribution in [2.24, 2.45) is 5.73 Å². The molecule has 7 nitrogen and oxygen atoms in total. The fraction of sp³-hybridized carbons (Fsp3) is 0.700. The molecule has 0 unspecified atom stereocenters. The average Bonchev–Trinajstić information content (AvgIpc) is 3.01. The van der Waals surface area contributed by atoms with E-state index in [-0.39, 0.29) is 18.5 Å². The van der Waals surface area contributed by atoms with Gasteiger partial charge in [0, 0.05) is 19.0 Å². The minimum absolute atomic E-state index is 0.174. The summed E-state index contributed by atoms with van der Waals surface area (Å²) in [6, 6.07) is 0.179. The first-order chi connectivity index (χ1) is 8.19. The summed E-state index contributed by atoms with van der Waals surface area (Å²) >= 11 is 0. The number of anilines is 1. The van der Waals surface area contributed by atoms with Crippen molar-refractivity contribution in [2.75, 3.05) is 32.0 Å². The summed E-state index contributed by atoms with van der Waals surface area (Å²) < 4.78 is 5.32. The molecule has 0 saturated heterocycles. The molecule has 1 saturated carbocycles. The molecule has 17 heavy (non-hydrogen) atoms. The minimum atomic E-state index is -0.174. The molecule has 1 fully saturated rings. The third-order valence-corrected chi connectivity index (χ3v) is 2.54. The van der Waals surface area contributed by atoms with Gasteiger partial charge in [-0.3, -0.25) is 15.0 Å². The summed E-state index contributed by atoms with van der Waals surface area (Å²) in [6.07, 6.45) is 2.18. The summed E-state index contributed by atoms with van der Waals surface area (Å²) in [6.45, 7) is 1.46. The van der Waals surface area contributed by atoms with E-state index in [1.807, 2.05) is 11.9 Å². The van der Waals surface area contributed by atoms with Crippen molar-refractivity contribution in [3.8, 4) is 0 Å². The van der Waals surface area contributed by atoms with E-state index < -0.39 is 0 Å². The molecule has 0 radical (unpaired) electrons. The third kappa shape index (κ3) is 3.50. The zero-order chi connectivity index (χ0) is 12.3. The molecule has 0 spiro atoms. The highest BCUT2D eigenvalue weighted by Gasteiger charge is 2.29. The maximum Gasteiger partial charge on any atom is 0.322 e. The molecule has 0 aliphatic heterocycles.